The van der Waals surface area contributed by atoms with Gasteiger partial charge in [0.05, 0.1) is 11.4 Å². The lowest BCUT2D eigenvalue weighted by Crippen LogP contribution is -2.13. The summed E-state index contributed by atoms with van der Waals surface area (Å²) in [7, 11) is 0. The molecule has 7 rings (SSSR count). The van der Waals surface area contributed by atoms with Gasteiger partial charge in [0, 0.05) is 33.5 Å². The van der Waals surface area contributed by atoms with Crippen molar-refractivity contribution >= 4 is 55.7 Å². The maximum atomic E-state index is 2.40. The summed E-state index contributed by atoms with van der Waals surface area (Å²) in [5.41, 5.74) is 11.8. The standard InChI is InChI=1S/C42H36N2/c1-29-9-18-34(19-10-29)43(35-20-11-30(2)12-21-35)40-27-28-41(42-38-8-6-5-7-33(38)17-26-39(40)42)44(36-22-13-31(3)14-23-36)37-24-15-32(4)16-25-37/h5-28H,1-4H3. The van der Waals surface area contributed by atoms with Gasteiger partial charge in [-0.2, -0.15) is 0 Å². The minimum absolute atomic E-state index is 1.13. The normalized spacial score (nSPS) is 11.2. The van der Waals surface area contributed by atoms with Crippen molar-refractivity contribution in [2.45, 2.75) is 27.7 Å². The summed E-state index contributed by atoms with van der Waals surface area (Å²) in [5, 5.41) is 4.89. The molecule has 0 aliphatic carbocycles. The van der Waals surface area contributed by atoms with Crippen LogP contribution in [0.3, 0.4) is 0 Å². The zero-order valence-corrected chi connectivity index (χ0v) is 25.8. The molecular formula is C42H36N2. The molecule has 0 N–H and O–H groups in total. The van der Waals surface area contributed by atoms with Gasteiger partial charge >= 0.3 is 0 Å². The minimum Gasteiger partial charge on any atom is -0.310 e. The molecule has 0 radical (unpaired) electrons. The molecule has 0 unspecified atom stereocenters. The molecule has 7 aromatic rings. The van der Waals surface area contributed by atoms with E-state index in [0.717, 1.165) is 34.1 Å². The van der Waals surface area contributed by atoms with Gasteiger partial charge in [0.2, 0.25) is 0 Å². The Morgan fingerprint density at radius 1 is 0.318 bits per heavy atom. The van der Waals surface area contributed by atoms with Gasteiger partial charge in [0.15, 0.2) is 0 Å². The number of rotatable bonds is 6. The third-order valence-corrected chi connectivity index (χ3v) is 8.51. The third kappa shape index (κ3) is 5.09. The van der Waals surface area contributed by atoms with E-state index in [1.54, 1.807) is 0 Å². The molecule has 0 spiro atoms. The zero-order valence-electron chi connectivity index (χ0n) is 25.8. The van der Waals surface area contributed by atoms with Crippen LogP contribution in [0.2, 0.25) is 0 Å². The lowest BCUT2D eigenvalue weighted by Gasteiger charge is -2.31. The minimum atomic E-state index is 1.13. The number of nitrogens with zero attached hydrogens (tertiary/aromatic N) is 2. The molecule has 2 nitrogen and oxygen atoms in total. The lowest BCUT2D eigenvalue weighted by molar-refractivity contribution is 1.26. The Morgan fingerprint density at radius 3 is 1.16 bits per heavy atom. The van der Waals surface area contributed by atoms with Crippen molar-refractivity contribution in [2.75, 3.05) is 9.80 Å². The smallest absolute Gasteiger partial charge is 0.0547 e. The van der Waals surface area contributed by atoms with Crippen LogP contribution in [-0.2, 0) is 0 Å². The first-order valence-corrected chi connectivity index (χ1v) is 15.3. The van der Waals surface area contributed by atoms with Gasteiger partial charge < -0.3 is 9.80 Å². The van der Waals surface area contributed by atoms with Gasteiger partial charge in [-0.15, -0.1) is 0 Å². The van der Waals surface area contributed by atoms with E-state index in [1.165, 1.54) is 43.8 Å². The van der Waals surface area contributed by atoms with Crippen LogP contribution in [0.4, 0.5) is 34.1 Å². The predicted molar refractivity (Wildman–Crippen MR) is 190 cm³/mol. The maximum Gasteiger partial charge on any atom is 0.0547 e. The average molecular weight is 569 g/mol. The van der Waals surface area contributed by atoms with Crippen LogP contribution in [0.15, 0.2) is 146 Å². The molecule has 0 saturated heterocycles. The number of hydrogen-bond donors (Lipinski definition) is 0. The van der Waals surface area contributed by atoms with Crippen molar-refractivity contribution in [1.82, 2.24) is 0 Å². The first kappa shape index (κ1) is 27.5. The molecule has 0 aliphatic rings. The second-order valence-corrected chi connectivity index (χ2v) is 11.8. The van der Waals surface area contributed by atoms with Crippen molar-refractivity contribution in [1.29, 1.82) is 0 Å². The van der Waals surface area contributed by atoms with Crippen LogP contribution in [0.1, 0.15) is 22.3 Å². The highest BCUT2D eigenvalue weighted by molar-refractivity contribution is 6.19. The first-order chi connectivity index (χ1) is 21.5. The zero-order chi connectivity index (χ0) is 30.2. The molecule has 0 atom stereocenters. The van der Waals surface area contributed by atoms with E-state index in [1.807, 2.05) is 0 Å². The molecule has 0 saturated carbocycles. The van der Waals surface area contributed by atoms with E-state index in [9.17, 15) is 0 Å². The molecule has 214 valence electrons. The summed E-state index contributed by atoms with van der Waals surface area (Å²) in [5.74, 6) is 0. The van der Waals surface area contributed by atoms with Crippen molar-refractivity contribution in [3.63, 3.8) is 0 Å². The van der Waals surface area contributed by atoms with E-state index in [-0.39, 0.29) is 0 Å². The highest BCUT2D eigenvalue weighted by atomic mass is 15.2. The molecule has 2 heteroatoms. The molecule has 0 amide bonds. The summed E-state index contributed by atoms with van der Waals surface area (Å²) in [6, 6.07) is 53.3. The van der Waals surface area contributed by atoms with E-state index < -0.39 is 0 Å². The topological polar surface area (TPSA) is 6.48 Å². The van der Waals surface area contributed by atoms with Gasteiger partial charge in [-0.25, -0.2) is 0 Å². The highest BCUT2D eigenvalue weighted by Crippen LogP contribution is 2.47. The summed E-state index contributed by atoms with van der Waals surface area (Å²) in [6.45, 7) is 8.56. The second kappa shape index (κ2) is 11.4. The summed E-state index contributed by atoms with van der Waals surface area (Å²) in [6.07, 6.45) is 0. The quantitative estimate of drug-likeness (QED) is 0.184. The first-order valence-electron chi connectivity index (χ1n) is 15.3. The summed E-state index contributed by atoms with van der Waals surface area (Å²) >= 11 is 0. The molecule has 0 fully saturated rings. The summed E-state index contributed by atoms with van der Waals surface area (Å²) in [4.78, 5) is 4.79. The van der Waals surface area contributed by atoms with Crippen LogP contribution in [0, 0.1) is 27.7 Å². The molecule has 0 heterocycles. The monoisotopic (exact) mass is 568 g/mol. The maximum absolute atomic E-state index is 2.40. The van der Waals surface area contributed by atoms with Crippen molar-refractivity contribution in [3.8, 4) is 0 Å². The van der Waals surface area contributed by atoms with Gasteiger partial charge in [-0.1, -0.05) is 107 Å². The molecule has 0 aliphatic heterocycles. The van der Waals surface area contributed by atoms with E-state index >= 15 is 0 Å². The summed E-state index contributed by atoms with van der Waals surface area (Å²) < 4.78 is 0. The van der Waals surface area contributed by atoms with Crippen molar-refractivity contribution in [2.24, 2.45) is 0 Å². The van der Waals surface area contributed by atoms with Crippen LogP contribution in [-0.4, -0.2) is 0 Å². The molecule has 44 heavy (non-hydrogen) atoms. The largest absolute Gasteiger partial charge is 0.310 e. The van der Waals surface area contributed by atoms with Crippen LogP contribution in [0.25, 0.3) is 21.5 Å². The Hall–Kier alpha value is -5.34. The molecule has 7 aromatic carbocycles. The van der Waals surface area contributed by atoms with E-state index in [0.29, 0.717) is 0 Å². The fourth-order valence-electron chi connectivity index (χ4n) is 6.10. The number of aryl methyl sites for hydroxylation is 4. The van der Waals surface area contributed by atoms with E-state index in [4.69, 9.17) is 0 Å². The van der Waals surface area contributed by atoms with Crippen molar-refractivity contribution in [3.05, 3.63) is 168 Å². The fraction of sp³-hybridized carbons (Fsp3) is 0.0952. The van der Waals surface area contributed by atoms with Gasteiger partial charge in [0.1, 0.15) is 0 Å². The Bertz CT molecular complexity index is 1980. The van der Waals surface area contributed by atoms with Gasteiger partial charge in [-0.05, 0) is 99.1 Å². The molecule has 0 aromatic heterocycles. The fourth-order valence-corrected chi connectivity index (χ4v) is 6.10. The number of hydrogen-bond acceptors (Lipinski definition) is 2. The predicted octanol–water partition coefficient (Wildman–Crippen LogP) is 12.2. The average Bonchev–Trinajstić information content (AvgIpc) is 3.05. The Kier molecular flexibility index (Phi) is 7.12. The van der Waals surface area contributed by atoms with Gasteiger partial charge in [0.25, 0.3) is 0 Å². The number of benzene rings is 7. The second-order valence-electron chi connectivity index (χ2n) is 11.8. The highest BCUT2D eigenvalue weighted by Gasteiger charge is 2.22. The van der Waals surface area contributed by atoms with E-state index in [2.05, 4.69) is 183 Å². The molecule has 0 bridgehead atoms. The third-order valence-electron chi connectivity index (χ3n) is 8.51. The van der Waals surface area contributed by atoms with Gasteiger partial charge in [-0.3, -0.25) is 0 Å². The Morgan fingerprint density at radius 2 is 0.705 bits per heavy atom. The molecular weight excluding hydrogens is 532 g/mol. The van der Waals surface area contributed by atoms with Crippen LogP contribution >= 0.6 is 0 Å². The van der Waals surface area contributed by atoms with Crippen LogP contribution < -0.4 is 9.80 Å². The number of fused-ring (bicyclic) bond motifs is 3. The Labute approximate surface area is 260 Å². The Balaban J connectivity index is 1.55. The van der Waals surface area contributed by atoms with Crippen LogP contribution in [0.5, 0.6) is 0 Å². The van der Waals surface area contributed by atoms with Crippen molar-refractivity contribution < 1.29 is 0 Å². The number of anilines is 6. The lowest BCUT2D eigenvalue weighted by atomic mass is 9.97. The SMILES string of the molecule is Cc1ccc(N(c2ccc(C)cc2)c2ccc(N(c3ccc(C)cc3)c3ccc(C)cc3)c3c2ccc2ccccc23)cc1.